The zero-order chi connectivity index (χ0) is 11.5. The molecular formula is C11H7BrClFN2. The summed E-state index contributed by atoms with van der Waals surface area (Å²) in [4.78, 5) is 4.05. The van der Waals surface area contributed by atoms with E-state index < -0.39 is 0 Å². The minimum Gasteiger partial charge on any atom is -0.340 e. The number of anilines is 2. The van der Waals surface area contributed by atoms with Gasteiger partial charge in [0.15, 0.2) is 0 Å². The maximum atomic E-state index is 13.2. The normalized spacial score (nSPS) is 10.2. The van der Waals surface area contributed by atoms with Crippen molar-refractivity contribution >= 4 is 39.0 Å². The second-order valence-electron chi connectivity index (χ2n) is 3.12. The molecule has 1 aromatic heterocycles. The van der Waals surface area contributed by atoms with Crippen LogP contribution in [0.15, 0.2) is 41.0 Å². The Morgan fingerprint density at radius 3 is 2.69 bits per heavy atom. The molecule has 2 aromatic rings. The van der Waals surface area contributed by atoms with E-state index in [0.717, 1.165) is 0 Å². The van der Waals surface area contributed by atoms with E-state index in [2.05, 4.69) is 26.2 Å². The van der Waals surface area contributed by atoms with Crippen LogP contribution in [0.3, 0.4) is 0 Å². The molecule has 1 heterocycles. The molecule has 1 N–H and O–H groups in total. The van der Waals surface area contributed by atoms with Crippen molar-refractivity contribution < 1.29 is 4.39 Å². The maximum Gasteiger partial charge on any atom is 0.139 e. The lowest BCUT2D eigenvalue weighted by Crippen LogP contribution is -1.93. The van der Waals surface area contributed by atoms with Gasteiger partial charge in [0.1, 0.15) is 11.6 Å². The van der Waals surface area contributed by atoms with Gasteiger partial charge >= 0.3 is 0 Å². The van der Waals surface area contributed by atoms with E-state index in [1.165, 1.54) is 12.3 Å². The van der Waals surface area contributed by atoms with Crippen LogP contribution in [0.4, 0.5) is 15.9 Å². The van der Waals surface area contributed by atoms with Crippen molar-refractivity contribution in [3.05, 3.63) is 51.8 Å². The van der Waals surface area contributed by atoms with Crippen molar-refractivity contribution in [2.24, 2.45) is 0 Å². The predicted molar refractivity (Wildman–Crippen MR) is 66.6 cm³/mol. The van der Waals surface area contributed by atoms with Gasteiger partial charge in [0.05, 0.1) is 9.50 Å². The van der Waals surface area contributed by atoms with Gasteiger partial charge in [-0.25, -0.2) is 9.37 Å². The van der Waals surface area contributed by atoms with E-state index in [9.17, 15) is 4.39 Å². The predicted octanol–water partition coefficient (Wildman–Crippen LogP) is 4.38. The molecule has 0 radical (unpaired) electrons. The minimum absolute atomic E-state index is 0.320. The van der Waals surface area contributed by atoms with Crippen molar-refractivity contribution in [2.75, 3.05) is 5.32 Å². The molecule has 0 saturated heterocycles. The number of halogens is 3. The van der Waals surface area contributed by atoms with E-state index in [4.69, 9.17) is 11.6 Å². The van der Waals surface area contributed by atoms with Gasteiger partial charge in [-0.05, 0) is 46.3 Å². The number of nitrogens with zero attached hydrogens (tertiary/aromatic N) is 1. The molecule has 5 heteroatoms. The van der Waals surface area contributed by atoms with Crippen LogP contribution in [0, 0.1) is 5.82 Å². The summed E-state index contributed by atoms with van der Waals surface area (Å²) in [7, 11) is 0. The van der Waals surface area contributed by atoms with Crippen LogP contribution >= 0.6 is 27.5 Å². The summed E-state index contributed by atoms with van der Waals surface area (Å²) < 4.78 is 13.7. The summed E-state index contributed by atoms with van der Waals surface area (Å²) in [5.74, 6) is 0.296. The number of hydrogen-bond acceptors (Lipinski definition) is 2. The van der Waals surface area contributed by atoms with Crippen molar-refractivity contribution in [3.8, 4) is 0 Å². The molecule has 2 nitrogen and oxygen atoms in total. The number of benzene rings is 1. The molecule has 16 heavy (non-hydrogen) atoms. The fourth-order valence-corrected chi connectivity index (χ4v) is 1.53. The van der Waals surface area contributed by atoms with E-state index in [0.29, 0.717) is 21.0 Å². The van der Waals surface area contributed by atoms with Crippen molar-refractivity contribution in [3.63, 3.8) is 0 Å². The molecule has 0 saturated carbocycles. The average molecular weight is 302 g/mol. The molecule has 0 aliphatic rings. The maximum absolute atomic E-state index is 13.2. The molecule has 2 rings (SSSR count). The lowest BCUT2D eigenvalue weighted by Gasteiger charge is -2.05. The Bertz CT molecular complexity index is 502. The topological polar surface area (TPSA) is 24.9 Å². The lowest BCUT2D eigenvalue weighted by atomic mass is 10.3. The standard InChI is InChI=1S/C11H7BrClFN2/c12-9-3-2-8(5-10(9)14)16-11-4-1-7(13)6-15-11/h1-6H,(H,15,16). The molecule has 0 amide bonds. The monoisotopic (exact) mass is 300 g/mol. The van der Waals surface area contributed by atoms with Gasteiger partial charge in [-0.15, -0.1) is 0 Å². The highest BCUT2D eigenvalue weighted by Crippen LogP contribution is 2.22. The highest BCUT2D eigenvalue weighted by atomic mass is 79.9. The van der Waals surface area contributed by atoms with Crippen molar-refractivity contribution in [1.82, 2.24) is 4.98 Å². The number of rotatable bonds is 2. The Labute approximate surface area is 106 Å². The van der Waals surface area contributed by atoms with Gasteiger partial charge < -0.3 is 5.32 Å². The van der Waals surface area contributed by atoms with E-state index in [-0.39, 0.29) is 5.82 Å². The van der Waals surface area contributed by atoms with Gasteiger partial charge in [0.25, 0.3) is 0 Å². The summed E-state index contributed by atoms with van der Waals surface area (Å²) >= 11 is 8.79. The molecule has 0 aliphatic heterocycles. The van der Waals surface area contributed by atoms with Crippen LogP contribution in [0.25, 0.3) is 0 Å². The number of pyridine rings is 1. The summed E-state index contributed by atoms with van der Waals surface area (Å²) in [5.41, 5.74) is 0.635. The number of hydrogen-bond donors (Lipinski definition) is 1. The van der Waals surface area contributed by atoms with Crippen molar-refractivity contribution in [1.29, 1.82) is 0 Å². The highest BCUT2D eigenvalue weighted by Gasteiger charge is 2.01. The van der Waals surface area contributed by atoms with E-state index >= 15 is 0 Å². The van der Waals surface area contributed by atoms with E-state index in [1.54, 1.807) is 24.3 Å². The third-order valence-electron chi connectivity index (χ3n) is 1.92. The van der Waals surface area contributed by atoms with Crippen LogP contribution in [-0.4, -0.2) is 4.98 Å². The van der Waals surface area contributed by atoms with Crippen molar-refractivity contribution in [2.45, 2.75) is 0 Å². The van der Waals surface area contributed by atoms with Crippen LogP contribution in [-0.2, 0) is 0 Å². The molecule has 0 unspecified atom stereocenters. The van der Waals surface area contributed by atoms with Crippen LogP contribution in [0.1, 0.15) is 0 Å². The molecule has 1 aromatic carbocycles. The molecule has 0 spiro atoms. The second kappa shape index (κ2) is 4.80. The fourth-order valence-electron chi connectivity index (χ4n) is 1.17. The van der Waals surface area contributed by atoms with Gasteiger partial charge in [-0.1, -0.05) is 11.6 Å². The molecule has 0 fully saturated rings. The van der Waals surface area contributed by atoms with Gasteiger partial charge in [0.2, 0.25) is 0 Å². The Morgan fingerprint density at radius 2 is 2.06 bits per heavy atom. The van der Waals surface area contributed by atoms with Crippen LogP contribution in [0.2, 0.25) is 5.02 Å². The Hall–Kier alpha value is -1.13. The molecule has 0 aliphatic carbocycles. The largest absolute Gasteiger partial charge is 0.340 e. The fraction of sp³-hybridized carbons (Fsp3) is 0. The first-order chi connectivity index (χ1) is 7.65. The van der Waals surface area contributed by atoms with Gasteiger partial charge in [-0.3, -0.25) is 0 Å². The zero-order valence-corrected chi connectivity index (χ0v) is 10.4. The lowest BCUT2D eigenvalue weighted by molar-refractivity contribution is 0.622. The molecule has 0 bridgehead atoms. The summed E-state index contributed by atoms with van der Waals surface area (Å²) in [6.07, 6.45) is 1.53. The summed E-state index contributed by atoms with van der Waals surface area (Å²) in [6.45, 7) is 0. The number of nitrogens with one attached hydrogen (secondary N) is 1. The third-order valence-corrected chi connectivity index (χ3v) is 2.79. The Balaban J connectivity index is 2.20. The Morgan fingerprint density at radius 1 is 1.25 bits per heavy atom. The quantitative estimate of drug-likeness (QED) is 0.890. The van der Waals surface area contributed by atoms with E-state index in [1.807, 2.05) is 0 Å². The number of aromatic nitrogens is 1. The first-order valence-corrected chi connectivity index (χ1v) is 5.66. The zero-order valence-electron chi connectivity index (χ0n) is 8.05. The van der Waals surface area contributed by atoms with Crippen LogP contribution in [0.5, 0.6) is 0 Å². The first kappa shape index (κ1) is 11.4. The summed E-state index contributed by atoms with van der Waals surface area (Å²) in [5, 5.41) is 3.53. The molecule has 82 valence electrons. The van der Waals surface area contributed by atoms with Gasteiger partial charge in [0, 0.05) is 11.9 Å². The molecule has 0 atom stereocenters. The molecular weight excluding hydrogens is 294 g/mol. The van der Waals surface area contributed by atoms with Gasteiger partial charge in [-0.2, -0.15) is 0 Å². The van der Waals surface area contributed by atoms with Crippen LogP contribution < -0.4 is 5.32 Å². The minimum atomic E-state index is -0.320. The SMILES string of the molecule is Fc1cc(Nc2ccc(Cl)cn2)ccc1Br. The second-order valence-corrected chi connectivity index (χ2v) is 4.41. The summed E-state index contributed by atoms with van der Waals surface area (Å²) in [6, 6.07) is 8.21. The smallest absolute Gasteiger partial charge is 0.139 e. The first-order valence-electron chi connectivity index (χ1n) is 4.49. The average Bonchev–Trinajstić information content (AvgIpc) is 2.27. The highest BCUT2D eigenvalue weighted by molar-refractivity contribution is 9.10. The third kappa shape index (κ3) is 2.71. The Kier molecular flexibility index (Phi) is 3.41.